The summed E-state index contributed by atoms with van der Waals surface area (Å²) in [5.41, 5.74) is 3.45. The summed E-state index contributed by atoms with van der Waals surface area (Å²) in [4.78, 5) is 18.6. The number of allylic oxidation sites excluding steroid dienone is 1. The number of rotatable bonds is 9. The molecule has 1 aliphatic carbocycles. The molecule has 8 heteroatoms. The van der Waals surface area contributed by atoms with Crippen LogP contribution in [0.4, 0.5) is 0 Å². The zero-order valence-electron chi connectivity index (χ0n) is 23.0. The zero-order valence-corrected chi connectivity index (χ0v) is 24.6. The van der Waals surface area contributed by atoms with E-state index in [2.05, 4.69) is 28.6 Å². The van der Waals surface area contributed by atoms with Gasteiger partial charge in [-0.15, -0.1) is 6.58 Å². The highest BCUT2D eigenvalue weighted by Crippen LogP contribution is 2.35. The van der Waals surface area contributed by atoms with Crippen molar-refractivity contribution in [3.8, 4) is 17.6 Å². The number of hydrogen-bond acceptors (Lipinski definition) is 6. The lowest BCUT2D eigenvalue weighted by atomic mass is 9.88. The number of ether oxygens (including phenoxy) is 2. The maximum atomic E-state index is 13.7. The van der Waals surface area contributed by atoms with Gasteiger partial charge in [0.15, 0.2) is 11.5 Å². The SMILES string of the molecule is C=CCc1cc(C=Nn2c(C3CCCCC3)nc3ccc(Br)cc3c2=O)cc(OC)c1OCc1ccccc1C#N. The fourth-order valence-electron chi connectivity index (χ4n) is 5.31. The van der Waals surface area contributed by atoms with Crippen LogP contribution in [0.15, 0.2) is 81.6 Å². The summed E-state index contributed by atoms with van der Waals surface area (Å²) in [6, 6.07) is 18.9. The van der Waals surface area contributed by atoms with Crippen LogP contribution in [0.25, 0.3) is 10.9 Å². The van der Waals surface area contributed by atoms with Crippen LogP contribution in [0, 0.1) is 11.3 Å². The van der Waals surface area contributed by atoms with Gasteiger partial charge in [0.2, 0.25) is 0 Å². The molecule has 0 radical (unpaired) electrons. The highest BCUT2D eigenvalue weighted by atomic mass is 79.9. The lowest BCUT2D eigenvalue weighted by molar-refractivity contribution is 0.281. The second-order valence-corrected chi connectivity index (χ2v) is 11.0. The molecule has 1 aliphatic rings. The Balaban J connectivity index is 1.54. The quantitative estimate of drug-likeness (QED) is 0.147. The lowest BCUT2D eigenvalue weighted by Crippen LogP contribution is -2.25. The molecule has 0 atom stereocenters. The molecule has 0 spiro atoms. The summed E-state index contributed by atoms with van der Waals surface area (Å²) in [6.45, 7) is 4.12. The van der Waals surface area contributed by atoms with Crippen LogP contribution in [0.2, 0.25) is 0 Å². The summed E-state index contributed by atoms with van der Waals surface area (Å²) in [6.07, 6.45) is 9.41. The molecular weight excluding hydrogens is 580 g/mol. The van der Waals surface area contributed by atoms with Gasteiger partial charge in [-0.25, -0.2) is 4.98 Å². The minimum atomic E-state index is -0.192. The Labute approximate surface area is 247 Å². The summed E-state index contributed by atoms with van der Waals surface area (Å²) in [7, 11) is 1.58. The van der Waals surface area contributed by atoms with Gasteiger partial charge in [-0.05, 0) is 61.2 Å². The van der Waals surface area contributed by atoms with Gasteiger partial charge in [-0.3, -0.25) is 4.79 Å². The van der Waals surface area contributed by atoms with E-state index < -0.39 is 0 Å². The Morgan fingerprint density at radius 3 is 2.71 bits per heavy atom. The fourth-order valence-corrected chi connectivity index (χ4v) is 5.67. The number of hydrogen-bond donors (Lipinski definition) is 0. The number of fused-ring (bicyclic) bond motifs is 1. The van der Waals surface area contributed by atoms with Crippen molar-refractivity contribution in [2.24, 2.45) is 5.10 Å². The molecule has 1 aromatic heterocycles. The molecule has 7 nitrogen and oxygen atoms in total. The molecule has 0 unspecified atom stereocenters. The lowest BCUT2D eigenvalue weighted by Gasteiger charge is -2.22. The van der Waals surface area contributed by atoms with E-state index in [0.29, 0.717) is 40.2 Å². The molecule has 1 saturated carbocycles. The first-order valence-electron chi connectivity index (χ1n) is 13.7. The fraction of sp³-hybridized carbons (Fsp3) is 0.273. The molecule has 1 heterocycles. The summed E-state index contributed by atoms with van der Waals surface area (Å²) < 4.78 is 14.2. The van der Waals surface area contributed by atoms with Crippen LogP contribution < -0.4 is 15.0 Å². The Kier molecular flexibility index (Phi) is 8.95. The van der Waals surface area contributed by atoms with E-state index in [0.717, 1.165) is 46.8 Å². The Hall–Kier alpha value is -4.22. The second-order valence-electron chi connectivity index (χ2n) is 10.1. The van der Waals surface area contributed by atoms with Gasteiger partial charge < -0.3 is 9.47 Å². The summed E-state index contributed by atoms with van der Waals surface area (Å²) in [5.74, 6) is 1.99. The van der Waals surface area contributed by atoms with Crippen molar-refractivity contribution in [1.29, 1.82) is 5.26 Å². The molecule has 0 amide bonds. The van der Waals surface area contributed by atoms with E-state index in [9.17, 15) is 10.1 Å². The minimum absolute atomic E-state index is 0.180. The van der Waals surface area contributed by atoms with Gasteiger partial charge in [0.05, 0.1) is 35.9 Å². The summed E-state index contributed by atoms with van der Waals surface area (Å²) >= 11 is 3.48. The Morgan fingerprint density at radius 2 is 1.95 bits per heavy atom. The van der Waals surface area contributed by atoms with Gasteiger partial charge in [0.1, 0.15) is 12.4 Å². The van der Waals surface area contributed by atoms with Crippen molar-refractivity contribution in [3.63, 3.8) is 0 Å². The number of nitriles is 1. The first kappa shape index (κ1) is 28.3. The topological polar surface area (TPSA) is 89.5 Å². The van der Waals surface area contributed by atoms with Crippen LogP contribution in [0.1, 0.15) is 66.1 Å². The van der Waals surface area contributed by atoms with Crippen molar-refractivity contribution in [2.45, 2.75) is 51.0 Å². The van der Waals surface area contributed by atoms with Gasteiger partial charge in [-0.2, -0.15) is 15.0 Å². The first-order chi connectivity index (χ1) is 20.0. The van der Waals surface area contributed by atoms with E-state index >= 15 is 0 Å². The molecule has 0 aliphatic heterocycles. The van der Waals surface area contributed by atoms with Crippen molar-refractivity contribution >= 4 is 33.0 Å². The number of nitrogens with zero attached hydrogens (tertiary/aromatic N) is 4. The third-order valence-corrected chi connectivity index (χ3v) is 7.87. The third-order valence-electron chi connectivity index (χ3n) is 7.37. The number of aromatic nitrogens is 2. The Bertz CT molecular complexity index is 1710. The van der Waals surface area contributed by atoms with Gasteiger partial charge in [0.25, 0.3) is 5.56 Å². The first-order valence-corrected chi connectivity index (χ1v) is 14.5. The van der Waals surface area contributed by atoms with E-state index in [1.54, 1.807) is 31.5 Å². The highest BCUT2D eigenvalue weighted by Gasteiger charge is 2.23. The molecule has 208 valence electrons. The molecule has 1 fully saturated rings. The predicted molar refractivity (Wildman–Crippen MR) is 165 cm³/mol. The standard InChI is InChI=1S/C33H31BrN4O3/c1-3-9-24-16-22(17-30(40-2)31(24)41-21-26-13-8-7-12-25(26)19-35)20-36-38-32(23-10-5-4-6-11-23)37-29-15-14-27(34)18-28(29)33(38)39/h3,7-8,12-18,20,23H,1,4-6,9-11,21H2,2H3. The second kappa shape index (κ2) is 13.0. The maximum Gasteiger partial charge on any atom is 0.282 e. The summed E-state index contributed by atoms with van der Waals surface area (Å²) in [5, 5.41) is 14.7. The number of methoxy groups -OCH3 is 1. The van der Waals surface area contributed by atoms with Crippen molar-refractivity contribution in [2.75, 3.05) is 7.11 Å². The van der Waals surface area contributed by atoms with Crippen LogP contribution in [0.3, 0.4) is 0 Å². The smallest absolute Gasteiger partial charge is 0.282 e. The molecule has 41 heavy (non-hydrogen) atoms. The van der Waals surface area contributed by atoms with Gasteiger partial charge >= 0.3 is 0 Å². The molecule has 5 rings (SSSR count). The van der Waals surface area contributed by atoms with Crippen LogP contribution in [0.5, 0.6) is 11.5 Å². The van der Waals surface area contributed by atoms with E-state index in [-0.39, 0.29) is 18.1 Å². The zero-order chi connectivity index (χ0) is 28.8. The Morgan fingerprint density at radius 1 is 1.15 bits per heavy atom. The number of halogens is 1. The molecule has 0 bridgehead atoms. The third kappa shape index (κ3) is 6.26. The van der Waals surface area contributed by atoms with Crippen molar-refractivity contribution in [3.05, 3.63) is 110 Å². The minimum Gasteiger partial charge on any atom is -0.493 e. The molecule has 4 aromatic rings. The van der Waals surface area contributed by atoms with Crippen molar-refractivity contribution in [1.82, 2.24) is 9.66 Å². The average molecular weight is 612 g/mol. The van der Waals surface area contributed by atoms with Crippen LogP contribution >= 0.6 is 15.9 Å². The average Bonchev–Trinajstić information content (AvgIpc) is 3.00. The monoisotopic (exact) mass is 610 g/mol. The molecular formula is C33H31BrN4O3. The van der Waals surface area contributed by atoms with Gasteiger partial charge in [-0.1, -0.05) is 59.5 Å². The van der Waals surface area contributed by atoms with Gasteiger partial charge in [0, 0.05) is 21.5 Å². The molecule has 0 saturated heterocycles. The van der Waals surface area contributed by atoms with Crippen LogP contribution in [-0.2, 0) is 13.0 Å². The normalized spacial score (nSPS) is 13.8. The van der Waals surface area contributed by atoms with Crippen molar-refractivity contribution < 1.29 is 9.47 Å². The van der Waals surface area contributed by atoms with E-state index in [1.807, 2.05) is 42.5 Å². The molecule has 3 aromatic carbocycles. The number of benzene rings is 3. The van der Waals surface area contributed by atoms with E-state index in [4.69, 9.17) is 19.6 Å². The molecule has 0 N–H and O–H groups in total. The predicted octanol–water partition coefficient (Wildman–Crippen LogP) is 7.28. The van der Waals surface area contributed by atoms with E-state index in [1.165, 1.54) is 11.1 Å². The largest absolute Gasteiger partial charge is 0.493 e. The maximum absolute atomic E-state index is 13.7. The van der Waals surface area contributed by atoms with Crippen LogP contribution in [-0.4, -0.2) is 23.0 Å². The highest BCUT2D eigenvalue weighted by molar-refractivity contribution is 9.10.